The fourth-order valence-electron chi connectivity index (χ4n) is 2.37. The van der Waals surface area contributed by atoms with Gasteiger partial charge in [0.2, 0.25) is 0 Å². The van der Waals surface area contributed by atoms with E-state index in [9.17, 15) is 19.8 Å². The Balaban J connectivity index is 1.73. The summed E-state index contributed by atoms with van der Waals surface area (Å²) in [5.74, 6) is -0.109. The number of ether oxygens (including phenoxy) is 4. The third kappa shape index (κ3) is 8.23. The van der Waals surface area contributed by atoms with Crippen LogP contribution in [-0.2, 0) is 19.1 Å². The van der Waals surface area contributed by atoms with Crippen molar-refractivity contribution in [3.8, 4) is 17.2 Å². The second-order valence-electron chi connectivity index (χ2n) is 6.29. The minimum atomic E-state index is -1.16. The van der Waals surface area contributed by atoms with E-state index in [-0.39, 0.29) is 19.0 Å². The average molecular weight is 428 g/mol. The fourth-order valence-corrected chi connectivity index (χ4v) is 2.37. The Labute approximate surface area is 179 Å². The lowest BCUT2D eigenvalue weighted by atomic mass is 10.2. The summed E-state index contributed by atoms with van der Waals surface area (Å²) in [7, 11) is 3.04. The lowest BCUT2D eigenvalue weighted by Crippen LogP contribution is -2.24. The van der Waals surface area contributed by atoms with Crippen LogP contribution in [0.5, 0.6) is 17.2 Å². The van der Waals surface area contributed by atoms with Gasteiger partial charge in [0.1, 0.15) is 25.1 Å². The summed E-state index contributed by atoms with van der Waals surface area (Å²) in [6.45, 7) is -0.657. The van der Waals surface area contributed by atoms with Crippen molar-refractivity contribution in [1.29, 1.82) is 0 Å². The van der Waals surface area contributed by atoms with Crippen LogP contribution in [0.4, 0.5) is 0 Å². The number of phenols is 1. The van der Waals surface area contributed by atoms with Crippen LogP contribution in [0.15, 0.2) is 54.6 Å². The van der Waals surface area contributed by atoms with Crippen LogP contribution in [0.25, 0.3) is 12.2 Å². The molecule has 0 aliphatic rings. The van der Waals surface area contributed by atoms with Gasteiger partial charge in [-0.05, 0) is 47.5 Å². The van der Waals surface area contributed by atoms with Crippen molar-refractivity contribution < 1.29 is 38.7 Å². The first kappa shape index (κ1) is 23.5. The molecule has 0 bridgehead atoms. The minimum Gasteiger partial charge on any atom is -0.508 e. The van der Waals surface area contributed by atoms with E-state index >= 15 is 0 Å². The highest BCUT2D eigenvalue weighted by Crippen LogP contribution is 2.27. The van der Waals surface area contributed by atoms with E-state index in [0.29, 0.717) is 22.6 Å². The van der Waals surface area contributed by atoms with Gasteiger partial charge in [-0.15, -0.1) is 0 Å². The fraction of sp³-hybridized carbons (Fsp3) is 0.217. The van der Waals surface area contributed by atoms with E-state index in [2.05, 4.69) is 0 Å². The average Bonchev–Trinajstić information content (AvgIpc) is 2.79. The molecule has 0 fully saturated rings. The Kier molecular flexibility index (Phi) is 9.13. The molecule has 1 atom stereocenters. The molecular weight excluding hydrogens is 404 g/mol. The third-order valence-electron chi connectivity index (χ3n) is 3.96. The van der Waals surface area contributed by atoms with Crippen molar-refractivity contribution in [3.05, 3.63) is 65.7 Å². The van der Waals surface area contributed by atoms with Gasteiger partial charge in [-0.25, -0.2) is 9.59 Å². The molecule has 2 aromatic rings. The number of carbonyl (C=O) groups excluding carboxylic acids is 2. The van der Waals surface area contributed by atoms with Gasteiger partial charge in [-0.3, -0.25) is 0 Å². The highest BCUT2D eigenvalue weighted by molar-refractivity contribution is 5.87. The minimum absolute atomic E-state index is 0.121. The molecule has 0 aliphatic carbocycles. The molecule has 8 heteroatoms. The first-order valence-electron chi connectivity index (χ1n) is 9.30. The number of carbonyl (C=O) groups is 2. The number of esters is 2. The number of aromatic hydroxyl groups is 1. The normalized spacial score (nSPS) is 12.0. The molecule has 2 rings (SSSR count). The van der Waals surface area contributed by atoms with Crippen LogP contribution < -0.4 is 9.47 Å². The predicted octanol–water partition coefficient (Wildman–Crippen LogP) is 2.58. The molecular formula is C23H24O8. The largest absolute Gasteiger partial charge is 0.508 e. The number of rotatable bonds is 10. The van der Waals surface area contributed by atoms with Crippen LogP contribution in [0.1, 0.15) is 11.1 Å². The molecule has 164 valence electrons. The van der Waals surface area contributed by atoms with Crippen LogP contribution in [0, 0.1) is 0 Å². The van der Waals surface area contributed by atoms with Crippen molar-refractivity contribution in [2.24, 2.45) is 0 Å². The summed E-state index contributed by atoms with van der Waals surface area (Å²) in [6, 6.07) is 11.4. The molecule has 0 saturated carbocycles. The molecule has 8 nitrogen and oxygen atoms in total. The van der Waals surface area contributed by atoms with E-state index in [0.717, 1.165) is 0 Å². The van der Waals surface area contributed by atoms with Crippen LogP contribution in [0.3, 0.4) is 0 Å². The van der Waals surface area contributed by atoms with Crippen molar-refractivity contribution in [3.63, 3.8) is 0 Å². The zero-order valence-electron chi connectivity index (χ0n) is 17.2. The number of hydrogen-bond donors (Lipinski definition) is 2. The summed E-state index contributed by atoms with van der Waals surface area (Å²) in [4.78, 5) is 23.5. The van der Waals surface area contributed by atoms with E-state index in [1.165, 1.54) is 50.7 Å². The highest BCUT2D eigenvalue weighted by atomic mass is 16.6. The maximum Gasteiger partial charge on any atom is 0.330 e. The smallest absolute Gasteiger partial charge is 0.330 e. The zero-order chi connectivity index (χ0) is 22.6. The van der Waals surface area contributed by atoms with Gasteiger partial charge < -0.3 is 29.2 Å². The van der Waals surface area contributed by atoms with E-state index in [4.69, 9.17) is 18.9 Å². The molecule has 1 unspecified atom stereocenters. The monoisotopic (exact) mass is 428 g/mol. The van der Waals surface area contributed by atoms with Gasteiger partial charge in [0.25, 0.3) is 0 Å². The number of aliphatic hydroxyl groups is 1. The Hall–Kier alpha value is -3.78. The molecule has 0 heterocycles. The number of methoxy groups -OCH3 is 2. The SMILES string of the molecule is COc1ccc(/C=C/C(=O)OCC(O)COC(=O)/C=C/c2ccc(O)cc2)cc1OC. The first-order chi connectivity index (χ1) is 14.9. The van der Waals surface area contributed by atoms with Crippen molar-refractivity contribution in [2.45, 2.75) is 6.10 Å². The maximum atomic E-state index is 11.8. The molecule has 2 N–H and O–H groups in total. The van der Waals surface area contributed by atoms with Crippen molar-refractivity contribution in [2.75, 3.05) is 27.4 Å². The lowest BCUT2D eigenvalue weighted by Gasteiger charge is -2.10. The first-order valence-corrected chi connectivity index (χ1v) is 9.30. The van der Waals surface area contributed by atoms with Crippen LogP contribution in [0.2, 0.25) is 0 Å². The summed E-state index contributed by atoms with van der Waals surface area (Å²) in [5.41, 5.74) is 1.40. The van der Waals surface area contributed by atoms with Crippen LogP contribution in [-0.4, -0.2) is 55.7 Å². The molecule has 0 aliphatic heterocycles. The van der Waals surface area contributed by atoms with E-state index in [1.807, 2.05) is 0 Å². The van der Waals surface area contributed by atoms with Gasteiger partial charge in [0.15, 0.2) is 11.5 Å². The van der Waals surface area contributed by atoms with E-state index < -0.39 is 18.0 Å². The van der Waals surface area contributed by atoms with Gasteiger partial charge in [-0.2, -0.15) is 0 Å². The second-order valence-corrected chi connectivity index (χ2v) is 6.29. The molecule has 2 aromatic carbocycles. The summed E-state index contributed by atoms with van der Waals surface area (Å²) >= 11 is 0. The summed E-state index contributed by atoms with van der Waals surface area (Å²) < 4.78 is 20.2. The van der Waals surface area contributed by atoms with Crippen molar-refractivity contribution >= 4 is 24.1 Å². The molecule has 0 saturated heterocycles. The second kappa shape index (κ2) is 12.0. The number of aliphatic hydroxyl groups excluding tert-OH is 1. The summed E-state index contributed by atoms with van der Waals surface area (Å²) in [5, 5.41) is 19.0. The molecule has 0 spiro atoms. The topological polar surface area (TPSA) is 112 Å². The quantitative estimate of drug-likeness (QED) is 0.439. The molecule has 0 radical (unpaired) electrons. The number of phenolic OH excluding ortho intramolecular Hbond substituents is 1. The predicted molar refractivity (Wildman–Crippen MR) is 114 cm³/mol. The van der Waals surface area contributed by atoms with Gasteiger partial charge in [-0.1, -0.05) is 18.2 Å². The highest BCUT2D eigenvalue weighted by Gasteiger charge is 2.10. The zero-order valence-corrected chi connectivity index (χ0v) is 17.2. The summed E-state index contributed by atoms with van der Waals surface area (Å²) in [6.07, 6.45) is 4.28. The van der Waals surface area contributed by atoms with Crippen LogP contribution >= 0.6 is 0 Å². The van der Waals surface area contributed by atoms with Crippen molar-refractivity contribution in [1.82, 2.24) is 0 Å². The number of benzene rings is 2. The third-order valence-corrected chi connectivity index (χ3v) is 3.96. The Morgan fingerprint density at radius 1 is 0.839 bits per heavy atom. The Morgan fingerprint density at radius 2 is 1.35 bits per heavy atom. The number of hydrogen-bond acceptors (Lipinski definition) is 8. The van der Waals surface area contributed by atoms with Gasteiger partial charge >= 0.3 is 11.9 Å². The molecule has 0 aromatic heterocycles. The Morgan fingerprint density at radius 3 is 1.90 bits per heavy atom. The maximum absolute atomic E-state index is 11.8. The van der Waals surface area contributed by atoms with Gasteiger partial charge in [0, 0.05) is 12.2 Å². The van der Waals surface area contributed by atoms with E-state index in [1.54, 1.807) is 30.3 Å². The van der Waals surface area contributed by atoms with Gasteiger partial charge in [0.05, 0.1) is 14.2 Å². The molecule has 0 amide bonds. The lowest BCUT2D eigenvalue weighted by molar-refractivity contribution is -0.146. The molecule has 31 heavy (non-hydrogen) atoms. The standard InChI is InChI=1S/C23H24O8/c1-28-20-10-5-17(13-21(20)29-2)7-12-23(27)31-15-19(25)14-30-22(26)11-6-16-3-8-18(24)9-4-16/h3-13,19,24-25H,14-15H2,1-2H3/b11-6+,12-7+. The Bertz CT molecular complexity index is 931.